The predicted molar refractivity (Wildman–Crippen MR) is 79.8 cm³/mol. The van der Waals surface area contributed by atoms with Gasteiger partial charge in [-0.3, -0.25) is 4.79 Å². The van der Waals surface area contributed by atoms with Crippen molar-refractivity contribution in [1.29, 1.82) is 0 Å². The number of thioether (sulfide) groups is 1. The van der Waals surface area contributed by atoms with E-state index in [1.807, 2.05) is 5.38 Å². The third-order valence-corrected chi connectivity index (χ3v) is 4.78. The number of nitrogens with one attached hydrogen (secondary N) is 1. The highest BCUT2D eigenvalue weighted by Crippen LogP contribution is 2.40. The highest BCUT2D eigenvalue weighted by atomic mass is 32.2. The van der Waals surface area contributed by atoms with Crippen molar-refractivity contribution in [2.24, 2.45) is 0 Å². The van der Waals surface area contributed by atoms with E-state index < -0.39 is 0 Å². The summed E-state index contributed by atoms with van der Waals surface area (Å²) in [5.41, 5.74) is 1.08. The SMILES string of the molecule is O=C(CSc1ccccc1F)Nc1nc(C2CC2)cs1. The van der Waals surface area contributed by atoms with Crippen LogP contribution < -0.4 is 5.32 Å². The van der Waals surface area contributed by atoms with Crippen LogP contribution >= 0.6 is 23.1 Å². The van der Waals surface area contributed by atoms with Crippen LogP contribution in [0.2, 0.25) is 0 Å². The first-order valence-electron chi connectivity index (χ1n) is 6.35. The van der Waals surface area contributed by atoms with Crippen LogP contribution in [0.15, 0.2) is 34.5 Å². The van der Waals surface area contributed by atoms with E-state index in [1.165, 1.54) is 42.0 Å². The summed E-state index contributed by atoms with van der Waals surface area (Å²) >= 11 is 2.63. The monoisotopic (exact) mass is 308 g/mol. The molecule has 1 fully saturated rings. The number of hydrogen-bond acceptors (Lipinski definition) is 4. The van der Waals surface area contributed by atoms with Crippen molar-refractivity contribution in [2.75, 3.05) is 11.1 Å². The minimum atomic E-state index is -0.296. The molecule has 1 aliphatic carbocycles. The molecule has 1 aromatic heterocycles. The molecule has 1 amide bonds. The summed E-state index contributed by atoms with van der Waals surface area (Å²) in [5.74, 6) is 0.314. The Hall–Kier alpha value is -1.40. The normalized spacial score (nSPS) is 14.2. The Balaban J connectivity index is 1.52. The first-order valence-corrected chi connectivity index (χ1v) is 8.21. The Morgan fingerprint density at radius 3 is 3.00 bits per heavy atom. The molecular formula is C14H13FN2OS2. The quantitative estimate of drug-likeness (QED) is 0.852. The Kier molecular flexibility index (Phi) is 4.03. The molecule has 1 saturated carbocycles. The maximum atomic E-state index is 13.4. The van der Waals surface area contributed by atoms with E-state index in [-0.39, 0.29) is 17.5 Å². The van der Waals surface area contributed by atoms with Gasteiger partial charge in [-0.25, -0.2) is 9.37 Å². The first kappa shape index (κ1) is 13.6. The Bertz CT molecular complexity index is 625. The van der Waals surface area contributed by atoms with E-state index in [0.717, 1.165) is 5.69 Å². The van der Waals surface area contributed by atoms with Crippen molar-refractivity contribution < 1.29 is 9.18 Å². The number of hydrogen-bond donors (Lipinski definition) is 1. The lowest BCUT2D eigenvalue weighted by Crippen LogP contribution is -2.13. The number of benzene rings is 1. The number of carbonyl (C=O) groups excluding carboxylic acids is 1. The molecule has 0 radical (unpaired) electrons. The first-order chi connectivity index (χ1) is 9.72. The molecule has 1 N–H and O–H groups in total. The van der Waals surface area contributed by atoms with Crippen LogP contribution in [0.3, 0.4) is 0 Å². The Labute approximate surface area is 124 Å². The third kappa shape index (κ3) is 3.37. The van der Waals surface area contributed by atoms with Crippen molar-refractivity contribution in [3.63, 3.8) is 0 Å². The summed E-state index contributed by atoms with van der Waals surface area (Å²) in [7, 11) is 0. The fourth-order valence-electron chi connectivity index (χ4n) is 1.77. The van der Waals surface area contributed by atoms with Crippen LogP contribution in [0.1, 0.15) is 24.5 Å². The molecule has 1 aromatic carbocycles. The molecule has 3 nitrogen and oxygen atoms in total. The predicted octanol–water partition coefficient (Wildman–Crippen LogP) is 3.89. The molecule has 0 bridgehead atoms. The standard InChI is InChI=1S/C14H13FN2OS2/c15-10-3-1-2-4-12(10)19-8-13(18)17-14-16-11(7-20-14)9-5-6-9/h1-4,7,9H,5-6,8H2,(H,16,17,18). The average Bonchev–Trinajstić information content (AvgIpc) is 3.19. The van der Waals surface area contributed by atoms with E-state index >= 15 is 0 Å². The zero-order chi connectivity index (χ0) is 13.9. The molecule has 1 heterocycles. The fraction of sp³-hybridized carbons (Fsp3) is 0.286. The number of carbonyl (C=O) groups is 1. The van der Waals surface area contributed by atoms with Gasteiger partial charge in [0.25, 0.3) is 0 Å². The van der Waals surface area contributed by atoms with Crippen molar-refractivity contribution in [3.8, 4) is 0 Å². The molecule has 0 atom stereocenters. The summed E-state index contributed by atoms with van der Waals surface area (Å²) in [5, 5.41) is 5.39. The van der Waals surface area contributed by atoms with Gasteiger partial charge in [0.05, 0.1) is 11.4 Å². The van der Waals surface area contributed by atoms with Gasteiger partial charge >= 0.3 is 0 Å². The number of rotatable bonds is 5. The highest BCUT2D eigenvalue weighted by molar-refractivity contribution is 8.00. The molecule has 0 saturated heterocycles. The minimum Gasteiger partial charge on any atom is -0.301 e. The third-order valence-electron chi connectivity index (χ3n) is 2.96. The Morgan fingerprint density at radius 1 is 1.45 bits per heavy atom. The van der Waals surface area contributed by atoms with Crippen LogP contribution in [0, 0.1) is 5.82 Å². The number of halogens is 1. The summed E-state index contributed by atoms with van der Waals surface area (Å²) in [4.78, 5) is 16.7. The van der Waals surface area contributed by atoms with Crippen LogP contribution in [0.4, 0.5) is 9.52 Å². The highest BCUT2D eigenvalue weighted by Gasteiger charge is 2.26. The lowest BCUT2D eigenvalue weighted by atomic mass is 10.3. The second-order valence-electron chi connectivity index (χ2n) is 4.62. The second kappa shape index (κ2) is 5.93. The van der Waals surface area contributed by atoms with Gasteiger partial charge in [0.15, 0.2) is 5.13 Å². The van der Waals surface area contributed by atoms with E-state index in [9.17, 15) is 9.18 Å². The van der Waals surface area contributed by atoms with Crippen molar-refractivity contribution in [3.05, 3.63) is 41.2 Å². The zero-order valence-electron chi connectivity index (χ0n) is 10.6. The number of anilines is 1. The second-order valence-corrected chi connectivity index (χ2v) is 6.49. The molecule has 1 aliphatic rings. The molecule has 6 heteroatoms. The van der Waals surface area contributed by atoms with Gasteiger partial charge in [0.2, 0.25) is 5.91 Å². The molecule has 104 valence electrons. The minimum absolute atomic E-state index is 0.157. The number of thiazole rings is 1. The van der Waals surface area contributed by atoms with Gasteiger partial charge in [-0.2, -0.15) is 0 Å². The van der Waals surface area contributed by atoms with Crippen LogP contribution in [0.25, 0.3) is 0 Å². The number of aromatic nitrogens is 1. The molecule has 20 heavy (non-hydrogen) atoms. The lowest BCUT2D eigenvalue weighted by molar-refractivity contribution is -0.113. The van der Waals surface area contributed by atoms with Gasteiger partial charge in [-0.15, -0.1) is 23.1 Å². The van der Waals surface area contributed by atoms with Gasteiger partial charge in [-0.1, -0.05) is 12.1 Å². The summed E-state index contributed by atoms with van der Waals surface area (Å²) in [6.45, 7) is 0. The smallest absolute Gasteiger partial charge is 0.236 e. The topological polar surface area (TPSA) is 42.0 Å². The Morgan fingerprint density at radius 2 is 2.25 bits per heavy atom. The van der Waals surface area contributed by atoms with Gasteiger partial charge in [-0.05, 0) is 25.0 Å². The average molecular weight is 308 g/mol. The van der Waals surface area contributed by atoms with E-state index in [0.29, 0.717) is 15.9 Å². The molecule has 2 aromatic rings. The summed E-state index contributed by atoms with van der Waals surface area (Å²) < 4.78 is 13.4. The molecule has 0 unspecified atom stereocenters. The van der Waals surface area contributed by atoms with Crippen LogP contribution in [0.5, 0.6) is 0 Å². The van der Waals surface area contributed by atoms with E-state index in [2.05, 4.69) is 10.3 Å². The summed E-state index contributed by atoms with van der Waals surface area (Å²) in [6, 6.07) is 6.45. The number of amides is 1. The molecular weight excluding hydrogens is 295 g/mol. The van der Waals surface area contributed by atoms with Gasteiger partial charge < -0.3 is 5.32 Å². The molecule has 0 aliphatic heterocycles. The zero-order valence-corrected chi connectivity index (χ0v) is 12.3. The van der Waals surface area contributed by atoms with E-state index in [4.69, 9.17) is 0 Å². The van der Waals surface area contributed by atoms with Crippen LogP contribution in [-0.2, 0) is 4.79 Å². The van der Waals surface area contributed by atoms with Gasteiger partial charge in [0.1, 0.15) is 5.82 Å². The maximum absolute atomic E-state index is 13.4. The van der Waals surface area contributed by atoms with E-state index in [1.54, 1.807) is 18.2 Å². The van der Waals surface area contributed by atoms with Crippen LogP contribution in [-0.4, -0.2) is 16.6 Å². The lowest BCUT2D eigenvalue weighted by Gasteiger charge is -2.03. The van der Waals surface area contributed by atoms with Gasteiger partial charge in [0, 0.05) is 16.2 Å². The largest absolute Gasteiger partial charge is 0.301 e. The van der Waals surface area contributed by atoms with Crippen molar-refractivity contribution in [1.82, 2.24) is 4.98 Å². The maximum Gasteiger partial charge on any atom is 0.236 e. The number of nitrogens with zero attached hydrogens (tertiary/aromatic N) is 1. The van der Waals surface area contributed by atoms with Crippen molar-refractivity contribution >= 4 is 34.1 Å². The fourth-order valence-corrected chi connectivity index (χ4v) is 3.32. The molecule has 0 spiro atoms. The molecule has 3 rings (SSSR count). The van der Waals surface area contributed by atoms with Crippen molar-refractivity contribution in [2.45, 2.75) is 23.7 Å². The summed E-state index contributed by atoms with van der Waals surface area (Å²) in [6.07, 6.45) is 2.39.